The van der Waals surface area contributed by atoms with Gasteiger partial charge in [-0.05, 0) is 57.1 Å². The number of alkyl halides is 1. The molecule has 1 amide bonds. The van der Waals surface area contributed by atoms with Crippen molar-refractivity contribution in [3.63, 3.8) is 0 Å². The Labute approximate surface area is 192 Å². The van der Waals surface area contributed by atoms with Gasteiger partial charge >= 0.3 is 0 Å². The van der Waals surface area contributed by atoms with Gasteiger partial charge in [-0.1, -0.05) is 24.2 Å². The molecule has 1 saturated carbocycles. The Kier molecular flexibility index (Phi) is 5.76. The first-order valence-corrected chi connectivity index (χ1v) is 11.9. The van der Waals surface area contributed by atoms with Crippen LogP contribution >= 0.6 is 0 Å². The highest BCUT2D eigenvalue weighted by Crippen LogP contribution is 2.39. The lowest BCUT2D eigenvalue weighted by molar-refractivity contribution is -0.151. The van der Waals surface area contributed by atoms with Crippen molar-refractivity contribution in [1.82, 2.24) is 24.8 Å². The minimum absolute atomic E-state index is 0.106. The van der Waals surface area contributed by atoms with Crippen LogP contribution in [0.25, 0.3) is 22.4 Å². The van der Waals surface area contributed by atoms with E-state index in [-0.39, 0.29) is 17.9 Å². The maximum Gasteiger partial charge on any atom is 0.260 e. The molecule has 1 saturated heterocycles. The molecule has 3 heterocycles. The molecule has 2 aliphatic rings. The van der Waals surface area contributed by atoms with Crippen molar-refractivity contribution in [3.8, 4) is 11.5 Å². The van der Waals surface area contributed by atoms with Crippen LogP contribution in [0.5, 0.6) is 0 Å². The zero-order valence-corrected chi connectivity index (χ0v) is 19.0. The SMILES string of the molecule is C=CCC(CC)n1ncc2ccc(-c3nc(C4CCN(C(=O)C5(F)CCC5)CC4)no3)cc21. The Balaban J connectivity index is 1.31. The van der Waals surface area contributed by atoms with Gasteiger partial charge in [0.1, 0.15) is 0 Å². The van der Waals surface area contributed by atoms with E-state index in [1.165, 1.54) is 0 Å². The molecule has 1 unspecified atom stereocenters. The van der Waals surface area contributed by atoms with Crippen LogP contribution in [0.4, 0.5) is 4.39 Å². The second kappa shape index (κ2) is 8.72. The van der Waals surface area contributed by atoms with Crippen molar-refractivity contribution in [2.75, 3.05) is 13.1 Å². The quantitative estimate of drug-likeness (QED) is 0.461. The van der Waals surface area contributed by atoms with Crippen LogP contribution in [0.2, 0.25) is 0 Å². The monoisotopic (exact) mass is 451 g/mol. The summed E-state index contributed by atoms with van der Waals surface area (Å²) in [5, 5.41) is 9.89. The maximum atomic E-state index is 14.5. The predicted molar refractivity (Wildman–Crippen MR) is 123 cm³/mol. The number of halogens is 1. The van der Waals surface area contributed by atoms with E-state index in [9.17, 15) is 9.18 Å². The van der Waals surface area contributed by atoms with Crippen molar-refractivity contribution in [3.05, 3.63) is 42.9 Å². The predicted octanol–water partition coefficient (Wildman–Crippen LogP) is 5.21. The van der Waals surface area contributed by atoms with Crippen LogP contribution in [0.15, 0.2) is 41.6 Å². The number of aromatic nitrogens is 4. The number of carbonyl (C=O) groups excluding carboxylic acids is 1. The van der Waals surface area contributed by atoms with Crippen molar-refractivity contribution < 1.29 is 13.7 Å². The highest BCUT2D eigenvalue weighted by atomic mass is 19.1. The molecule has 0 radical (unpaired) electrons. The lowest BCUT2D eigenvalue weighted by atomic mass is 9.80. The molecule has 3 aromatic rings. The average molecular weight is 452 g/mol. The summed E-state index contributed by atoms with van der Waals surface area (Å²) in [7, 11) is 0. The lowest BCUT2D eigenvalue weighted by Crippen LogP contribution is -2.52. The normalized spacial score (nSPS) is 19.4. The summed E-state index contributed by atoms with van der Waals surface area (Å²) in [4.78, 5) is 18.8. The molecule has 8 heteroatoms. The van der Waals surface area contributed by atoms with Gasteiger partial charge in [0.05, 0.1) is 17.8 Å². The van der Waals surface area contributed by atoms with Crippen LogP contribution < -0.4 is 0 Å². The molecule has 0 N–H and O–H groups in total. The summed E-state index contributed by atoms with van der Waals surface area (Å²) in [5.74, 6) is 0.900. The van der Waals surface area contributed by atoms with E-state index in [1.807, 2.05) is 35.2 Å². The van der Waals surface area contributed by atoms with Gasteiger partial charge in [0.2, 0.25) is 0 Å². The van der Waals surface area contributed by atoms with Gasteiger partial charge < -0.3 is 9.42 Å². The topological polar surface area (TPSA) is 77.1 Å². The molecular weight excluding hydrogens is 421 g/mol. The third-order valence-electron chi connectivity index (χ3n) is 7.22. The molecule has 1 atom stereocenters. The number of piperidine rings is 1. The fourth-order valence-corrected chi connectivity index (χ4v) is 4.94. The van der Waals surface area contributed by atoms with Gasteiger partial charge in [-0.25, -0.2) is 4.39 Å². The van der Waals surface area contributed by atoms with Gasteiger partial charge in [-0.3, -0.25) is 9.48 Å². The number of carbonyl (C=O) groups is 1. The van der Waals surface area contributed by atoms with Gasteiger partial charge in [-0.15, -0.1) is 6.58 Å². The Morgan fingerprint density at radius 2 is 2.15 bits per heavy atom. The molecule has 2 fully saturated rings. The number of hydrogen-bond donors (Lipinski definition) is 0. The molecule has 174 valence electrons. The number of likely N-dealkylation sites (tertiary alicyclic amines) is 1. The molecule has 5 rings (SSSR count). The van der Waals surface area contributed by atoms with Gasteiger partial charge in [-0.2, -0.15) is 10.1 Å². The Bertz CT molecular complexity index is 1160. The first-order valence-electron chi connectivity index (χ1n) is 11.9. The molecule has 1 aliphatic heterocycles. The van der Waals surface area contributed by atoms with E-state index < -0.39 is 5.67 Å². The number of hydrogen-bond acceptors (Lipinski definition) is 5. The van der Waals surface area contributed by atoms with E-state index in [0.717, 1.165) is 35.7 Å². The Morgan fingerprint density at radius 1 is 1.36 bits per heavy atom. The zero-order chi connectivity index (χ0) is 23.0. The van der Waals surface area contributed by atoms with Crippen molar-refractivity contribution in [1.29, 1.82) is 0 Å². The molecule has 1 aromatic carbocycles. The fourth-order valence-electron chi connectivity index (χ4n) is 4.94. The minimum atomic E-state index is -1.63. The second-order valence-electron chi connectivity index (χ2n) is 9.29. The highest BCUT2D eigenvalue weighted by Gasteiger charge is 2.47. The van der Waals surface area contributed by atoms with Crippen LogP contribution in [0.3, 0.4) is 0 Å². The Hall–Kier alpha value is -3.03. The molecule has 0 bridgehead atoms. The van der Waals surface area contributed by atoms with Crippen LogP contribution in [-0.4, -0.2) is 49.5 Å². The second-order valence-corrected chi connectivity index (χ2v) is 9.29. The van der Waals surface area contributed by atoms with Crippen LogP contribution in [-0.2, 0) is 4.79 Å². The molecule has 2 aromatic heterocycles. The average Bonchev–Trinajstić information content (AvgIpc) is 3.48. The van der Waals surface area contributed by atoms with Crippen molar-refractivity contribution >= 4 is 16.8 Å². The van der Waals surface area contributed by atoms with E-state index in [0.29, 0.717) is 50.5 Å². The number of allylic oxidation sites excluding steroid dienone is 1. The van der Waals surface area contributed by atoms with Gasteiger partial charge in [0.15, 0.2) is 11.5 Å². The number of nitrogens with zero attached hydrogens (tertiary/aromatic N) is 5. The van der Waals surface area contributed by atoms with Crippen LogP contribution in [0, 0.1) is 0 Å². The van der Waals surface area contributed by atoms with Crippen molar-refractivity contribution in [2.24, 2.45) is 0 Å². The van der Waals surface area contributed by atoms with E-state index in [1.54, 1.807) is 4.90 Å². The molecular formula is C25H30FN5O2. The summed E-state index contributed by atoms with van der Waals surface area (Å²) < 4.78 is 22.1. The standard InChI is InChI=1S/C25H30FN5O2/c1-3-6-20(4-2)31-21-15-18(7-8-19(21)16-27-31)23-28-22(29-33-23)17-9-13-30(14-10-17)24(32)25(26)11-5-12-25/h3,7-8,15-17,20H,1,4-6,9-14H2,2H3. The first-order chi connectivity index (χ1) is 16.0. The molecule has 7 nitrogen and oxygen atoms in total. The highest BCUT2D eigenvalue weighted by molar-refractivity contribution is 5.86. The summed E-state index contributed by atoms with van der Waals surface area (Å²) in [6, 6.07) is 6.30. The Morgan fingerprint density at radius 3 is 2.82 bits per heavy atom. The lowest BCUT2D eigenvalue weighted by Gasteiger charge is -2.39. The minimum Gasteiger partial charge on any atom is -0.340 e. The smallest absolute Gasteiger partial charge is 0.260 e. The summed E-state index contributed by atoms with van der Waals surface area (Å²) >= 11 is 0. The fraction of sp³-hybridized carbons (Fsp3) is 0.520. The third kappa shape index (κ3) is 3.96. The third-order valence-corrected chi connectivity index (χ3v) is 7.22. The number of rotatable bonds is 7. The van der Waals surface area contributed by atoms with E-state index in [2.05, 4.69) is 28.7 Å². The zero-order valence-electron chi connectivity index (χ0n) is 19.0. The molecule has 1 aliphatic carbocycles. The largest absolute Gasteiger partial charge is 0.340 e. The molecule has 33 heavy (non-hydrogen) atoms. The maximum absolute atomic E-state index is 14.5. The number of benzene rings is 1. The first kappa shape index (κ1) is 21.8. The van der Waals surface area contributed by atoms with Crippen molar-refractivity contribution in [2.45, 2.75) is 69.5 Å². The number of amides is 1. The van der Waals surface area contributed by atoms with E-state index >= 15 is 0 Å². The van der Waals surface area contributed by atoms with Crippen LogP contribution in [0.1, 0.15) is 69.7 Å². The summed E-state index contributed by atoms with van der Waals surface area (Å²) in [5.41, 5.74) is 0.261. The number of fused-ring (bicyclic) bond motifs is 1. The summed E-state index contributed by atoms with van der Waals surface area (Å²) in [6.07, 6.45) is 8.56. The van der Waals surface area contributed by atoms with Gasteiger partial charge in [0, 0.05) is 30.0 Å². The summed E-state index contributed by atoms with van der Waals surface area (Å²) in [6.45, 7) is 7.08. The molecule has 0 spiro atoms. The van der Waals surface area contributed by atoms with Gasteiger partial charge in [0.25, 0.3) is 11.8 Å². The van der Waals surface area contributed by atoms with E-state index in [4.69, 9.17) is 4.52 Å².